The average molecular weight is 348 g/mol. The van der Waals surface area contributed by atoms with E-state index >= 15 is 0 Å². The smallest absolute Gasteiger partial charge is 0.301 e. The molecule has 1 aromatic carbocycles. The van der Waals surface area contributed by atoms with Gasteiger partial charge in [0.25, 0.3) is 0 Å². The van der Waals surface area contributed by atoms with Crippen LogP contribution in [-0.4, -0.2) is 31.9 Å². The molecule has 1 saturated heterocycles. The van der Waals surface area contributed by atoms with Crippen molar-refractivity contribution in [3.63, 3.8) is 0 Å². The van der Waals surface area contributed by atoms with Crippen LogP contribution in [0.15, 0.2) is 28.7 Å². The lowest BCUT2D eigenvalue weighted by molar-refractivity contribution is 0.259. The fraction of sp³-hybridized carbons (Fsp3) is 0.500. The largest absolute Gasteiger partial charge is 0.329 e. The summed E-state index contributed by atoms with van der Waals surface area (Å²) in [6.07, 6.45) is 2.74. The van der Waals surface area contributed by atoms with Gasteiger partial charge in [0.1, 0.15) is 0 Å². The highest BCUT2D eigenvalue weighted by Crippen LogP contribution is 2.25. The van der Waals surface area contributed by atoms with Gasteiger partial charge in [0.05, 0.1) is 5.69 Å². The maximum Gasteiger partial charge on any atom is 0.301 e. The Kier molecular flexibility index (Phi) is 4.83. The van der Waals surface area contributed by atoms with Crippen LogP contribution in [0.25, 0.3) is 0 Å². The Morgan fingerprint density at radius 3 is 2.79 bits per heavy atom. The average Bonchev–Trinajstić information content (AvgIpc) is 2.41. The first-order chi connectivity index (χ1) is 9.04. The number of halogens is 1. The molecule has 7 heteroatoms. The molecule has 0 amide bonds. The zero-order valence-corrected chi connectivity index (χ0v) is 13.0. The zero-order valence-electron chi connectivity index (χ0n) is 10.5. The molecule has 0 aromatic heterocycles. The van der Waals surface area contributed by atoms with Crippen molar-refractivity contribution >= 4 is 31.8 Å². The summed E-state index contributed by atoms with van der Waals surface area (Å²) in [5.74, 6) is 0. The lowest BCUT2D eigenvalue weighted by atomic mass is 10.1. The molecule has 1 aliphatic rings. The number of hydrogen-bond donors (Lipinski definition) is 2. The third-order valence-electron chi connectivity index (χ3n) is 3.27. The molecular formula is C12H18BrN3O2S. The van der Waals surface area contributed by atoms with Crippen molar-refractivity contribution in [2.24, 2.45) is 5.73 Å². The molecule has 0 radical (unpaired) electrons. The van der Waals surface area contributed by atoms with E-state index < -0.39 is 10.2 Å². The summed E-state index contributed by atoms with van der Waals surface area (Å²) >= 11 is 3.33. The SMILES string of the molecule is NCC1CCCCN1S(=O)(=O)Nc1ccccc1Br. The van der Waals surface area contributed by atoms with Crippen LogP contribution in [0.2, 0.25) is 0 Å². The number of hydrogen-bond acceptors (Lipinski definition) is 3. The molecule has 1 fully saturated rings. The first-order valence-corrected chi connectivity index (χ1v) is 8.52. The molecule has 1 unspecified atom stereocenters. The topological polar surface area (TPSA) is 75.4 Å². The minimum absolute atomic E-state index is 0.103. The number of para-hydroxylation sites is 1. The van der Waals surface area contributed by atoms with E-state index in [4.69, 9.17) is 5.73 Å². The van der Waals surface area contributed by atoms with Crippen LogP contribution in [0.4, 0.5) is 5.69 Å². The monoisotopic (exact) mass is 347 g/mol. The number of nitrogens with one attached hydrogen (secondary N) is 1. The van der Waals surface area contributed by atoms with Crippen LogP contribution in [0, 0.1) is 0 Å². The number of piperidine rings is 1. The van der Waals surface area contributed by atoms with Gasteiger partial charge in [0.15, 0.2) is 0 Å². The number of rotatable bonds is 4. The molecule has 0 spiro atoms. The fourth-order valence-corrected chi connectivity index (χ4v) is 4.31. The summed E-state index contributed by atoms with van der Waals surface area (Å²) in [5, 5.41) is 0. The van der Waals surface area contributed by atoms with Gasteiger partial charge in [-0.25, -0.2) is 0 Å². The zero-order chi connectivity index (χ0) is 13.9. The van der Waals surface area contributed by atoms with Crippen molar-refractivity contribution in [1.82, 2.24) is 4.31 Å². The Hall–Kier alpha value is -0.630. The van der Waals surface area contributed by atoms with Gasteiger partial charge in [-0.15, -0.1) is 0 Å². The van der Waals surface area contributed by atoms with Gasteiger partial charge in [0.2, 0.25) is 0 Å². The minimum Gasteiger partial charge on any atom is -0.329 e. The standard InChI is InChI=1S/C12H18BrN3O2S/c13-11-6-1-2-7-12(11)15-19(17,18)16-8-4-3-5-10(16)9-14/h1-2,6-7,10,15H,3-5,8-9,14H2. The predicted molar refractivity (Wildman–Crippen MR) is 80.1 cm³/mol. The second-order valence-electron chi connectivity index (χ2n) is 4.58. The highest BCUT2D eigenvalue weighted by molar-refractivity contribution is 9.10. The van der Waals surface area contributed by atoms with Crippen LogP contribution >= 0.6 is 15.9 Å². The number of benzene rings is 1. The highest BCUT2D eigenvalue weighted by atomic mass is 79.9. The van der Waals surface area contributed by atoms with Gasteiger partial charge in [-0.2, -0.15) is 12.7 Å². The highest BCUT2D eigenvalue weighted by Gasteiger charge is 2.31. The Bertz CT molecular complexity index is 536. The molecule has 3 N–H and O–H groups in total. The van der Waals surface area contributed by atoms with E-state index in [2.05, 4.69) is 20.7 Å². The second kappa shape index (κ2) is 6.21. The molecule has 1 aromatic rings. The molecule has 1 atom stereocenters. The van der Waals surface area contributed by atoms with E-state index in [0.29, 0.717) is 18.8 Å². The first kappa shape index (κ1) is 14.8. The van der Waals surface area contributed by atoms with E-state index in [9.17, 15) is 8.42 Å². The summed E-state index contributed by atoms with van der Waals surface area (Å²) in [6, 6.07) is 7.05. The van der Waals surface area contributed by atoms with E-state index in [0.717, 1.165) is 23.7 Å². The lowest BCUT2D eigenvalue weighted by Crippen LogP contribution is -2.49. The molecule has 106 valence electrons. The number of anilines is 1. The molecule has 0 bridgehead atoms. The molecule has 1 aliphatic heterocycles. The first-order valence-electron chi connectivity index (χ1n) is 6.29. The predicted octanol–water partition coefficient (Wildman–Crippen LogP) is 1.92. The van der Waals surface area contributed by atoms with Gasteiger partial charge < -0.3 is 5.73 Å². The molecule has 5 nitrogen and oxygen atoms in total. The molecule has 0 aliphatic carbocycles. The molecular weight excluding hydrogens is 330 g/mol. The van der Waals surface area contributed by atoms with E-state index in [-0.39, 0.29) is 6.04 Å². The van der Waals surface area contributed by atoms with E-state index in [1.807, 2.05) is 6.07 Å². The summed E-state index contributed by atoms with van der Waals surface area (Å²) in [5.41, 5.74) is 6.22. The van der Waals surface area contributed by atoms with Crippen LogP contribution in [0.1, 0.15) is 19.3 Å². The van der Waals surface area contributed by atoms with Crippen LogP contribution in [0.3, 0.4) is 0 Å². The van der Waals surface area contributed by atoms with Gasteiger partial charge in [-0.05, 0) is 40.9 Å². The van der Waals surface area contributed by atoms with Crippen LogP contribution < -0.4 is 10.5 Å². The molecule has 2 rings (SSSR count). The Morgan fingerprint density at radius 2 is 2.11 bits per heavy atom. The molecule has 0 saturated carbocycles. The van der Waals surface area contributed by atoms with Gasteiger partial charge >= 0.3 is 10.2 Å². The van der Waals surface area contributed by atoms with E-state index in [1.54, 1.807) is 18.2 Å². The fourth-order valence-electron chi connectivity index (χ4n) is 2.27. The van der Waals surface area contributed by atoms with Gasteiger partial charge in [-0.3, -0.25) is 4.72 Å². The van der Waals surface area contributed by atoms with Gasteiger partial charge in [-0.1, -0.05) is 18.6 Å². The Balaban J connectivity index is 2.20. The van der Waals surface area contributed by atoms with Crippen molar-refractivity contribution in [3.05, 3.63) is 28.7 Å². The summed E-state index contributed by atoms with van der Waals surface area (Å²) < 4.78 is 29.7. The molecule has 19 heavy (non-hydrogen) atoms. The van der Waals surface area contributed by atoms with Crippen molar-refractivity contribution in [3.8, 4) is 0 Å². The third-order valence-corrected chi connectivity index (χ3v) is 5.53. The van der Waals surface area contributed by atoms with Crippen LogP contribution in [0.5, 0.6) is 0 Å². The Labute approximate surface area is 122 Å². The van der Waals surface area contributed by atoms with Crippen molar-refractivity contribution in [2.75, 3.05) is 17.8 Å². The maximum atomic E-state index is 12.4. The summed E-state index contributed by atoms with van der Waals surface area (Å²) in [7, 11) is -3.55. The maximum absolute atomic E-state index is 12.4. The van der Waals surface area contributed by atoms with Crippen molar-refractivity contribution in [1.29, 1.82) is 0 Å². The Morgan fingerprint density at radius 1 is 1.37 bits per heavy atom. The number of nitrogens with two attached hydrogens (primary N) is 1. The second-order valence-corrected chi connectivity index (χ2v) is 7.06. The van der Waals surface area contributed by atoms with Crippen molar-refractivity contribution in [2.45, 2.75) is 25.3 Å². The lowest BCUT2D eigenvalue weighted by Gasteiger charge is -2.33. The normalized spacial score (nSPS) is 21.3. The van der Waals surface area contributed by atoms with Crippen LogP contribution in [-0.2, 0) is 10.2 Å². The quantitative estimate of drug-likeness (QED) is 0.873. The van der Waals surface area contributed by atoms with Crippen molar-refractivity contribution < 1.29 is 8.42 Å². The third kappa shape index (κ3) is 3.47. The number of nitrogens with zero attached hydrogens (tertiary/aromatic N) is 1. The van der Waals surface area contributed by atoms with E-state index in [1.165, 1.54) is 4.31 Å². The van der Waals surface area contributed by atoms with Gasteiger partial charge in [0, 0.05) is 23.6 Å². The minimum atomic E-state index is -3.55. The summed E-state index contributed by atoms with van der Waals surface area (Å²) in [6.45, 7) is 0.887. The molecule has 1 heterocycles. The summed E-state index contributed by atoms with van der Waals surface area (Å²) in [4.78, 5) is 0.